The quantitative estimate of drug-likeness (QED) is 0.277. The fourth-order valence-electron chi connectivity index (χ4n) is 3.03. The van der Waals surface area contributed by atoms with Crippen LogP contribution in [0.5, 0.6) is 17.2 Å². The smallest absolute Gasteiger partial charge is 0.262 e. The molecule has 2 rings (SSSR count). The Morgan fingerprint density at radius 3 is 2.31 bits per heavy atom. The van der Waals surface area contributed by atoms with E-state index in [0.717, 1.165) is 0 Å². The summed E-state index contributed by atoms with van der Waals surface area (Å²) in [7, 11) is 3.07. The fraction of sp³-hybridized carbons (Fsp3) is 0.375. The summed E-state index contributed by atoms with van der Waals surface area (Å²) in [5, 5.41) is 7.50. The average Bonchev–Trinajstić information content (AvgIpc) is 2.80. The summed E-state index contributed by atoms with van der Waals surface area (Å²) in [5.41, 5.74) is 3.10. The number of amides is 2. The third-order valence-electron chi connectivity index (χ3n) is 4.79. The van der Waals surface area contributed by atoms with Gasteiger partial charge in [-0.05, 0) is 59.5 Å². The van der Waals surface area contributed by atoms with Gasteiger partial charge in [0.05, 0.1) is 29.9 Å². The Morgan fingerprint density at radius 2 is 1.71 bits per heavy atom. The Hall–Kier alpha value is -2.49. The summed E-state index contributed by atoms with van der Waals surface area (Å²) in [6, 6.07) is 7.33. The van der Waals surface area contributed by atoms with Gasteiger partial charge < -0.3 is 19.5 Å². The molecule has 0 bridgehead atoms. The van der Waals surface area contributed by atoms with Gasteiger partial charge in [0.25, 0.3) is 11.8 Å². The molecule has 0 saturated heterocycles. The first-order chi connectivity index (χ1) is 16.5. The Labute approximate surface area is 223 Å². The van der Waals surface area contributed by atoms with Crippen molar-refractivity contribution in [1.82, 2.24) is 10.7 Å². The van der Waals surface area contributed by atoms with Crippen LogP contribution in [0.15, 0.2) is 39.9 Å². The summed E-state index contributed by atoms with van der Waals surface area (Å²) >= 11 is 15.4. The van der Waals surface area contributed by atoms with Crippen LogP contribution in [0, 0.1) is 5.92 Å². The second kappa shape index (κ2) is 13.6. The lowest BCUT2D eigenvalue weighted by atomic mass is 10.0. The molecule has 2 aromatic rings. The highest BCUT2D eigenvalue weighted by Gasteiger charge is 2.25. The van der Waals surface area contributed by atoms with Crippen molar-refractivity contribution in [2.45, 2.75) is 39.3 Å². The minimum atomic E-state index is -0.902. The van der Waals surface area contributed by atoms with Crippen LogP contribution >= 0.6 is 39.1 Å². The molecule has 2 atom stereocenters. The van der Waals surface area contributed by atoms with Crippen molar-refractivity contribution in [2.24, 2.45) is 11.0 Å². The van der Waals surface area contributed by atoms with E-state index in [-0.39, 0.29) is 10.9 Å². The van der Waals surface area contributed by atoms with Crippen molar-refractivity contribution in [3.8, 4) is 17.2 Å². The number of carbonyl (C=O) groups is 2. The van der Waals surface area contributed by atoms with Crippen molar-refractivity contribution < 1.29 is 23.8 Å². The Balaban J connectivity index is 2.07. The molecule has 2 N–H and O–H groups in total. The van der Waals surface area contributed by atoms with Gasteiger partial charge in [-0.1, -0.05) is 37.0 Å². The van der Waals surface area contributed by atoms with E-state index >= 15 is 0 Å². The zero-order chi connectivity index (χ0) is 26.1. The molecular weight excluding hydrogens is 561 g/mol. The molecule has 8 nitrogen and oxygen atoms in total. The minimum Gasteiger partial charge on any atom is -0.496 e. The number of methoxy groups -OCH3 is 2. The van der Waals surface area contributed by atoms with Crippen LogP contribution in [0.3, 0.4) is 0 Å². The van der Waals surface area contributed by atoms with Gasteiger partial charge in [-0.25, -0.2) is 5.43 Å². The lowest BCUT2D eigenvalue weighted by molar-refractivity contribution is -0.132. The summed E-state index contributed by atoms with van der Waals surface area (Å²) in [5.74, 6) is 0.622. The molecule has 2 aromatic carbocycles. The maximum absolute atomic E-state index is 12.8. The number of hydrogen-bond acceptors (Lipinski definition) is 6. The number of hydrogen-bond donors (Lipinski definition) is 2. The molecule has 0 heterocycles. The number of ether oxygens (including phenoxy) is 3. The van der Waals surface area contributed by atoms with E-state index in [1.165, 1.54) is 19.4 Å². The predicted octanol–water partition coefficient (Wildman–Crippen LogP) is 5.22. The first kappa shape index (κ1) is 28.7. The van der Waals surface area contributed by atoms with Crippen LogP contribution < -0.4 is 25.0 Å². The molecule has 0 aliphatic heterocycles. The van der Waals surface area contributed by atoms with E-state index in [0.29, 0.717) is 38.7 Å². The molecule has 0 spiro atoms. The van der Waals surface area contributed by atoms with Crippen molar-refractivity contribution in [2.75, 3.05) is 14.2 Å². The number of carbonyl (C=O) groups excluding carboxylic acids is 2. The minimum absolute atomic E-state index is 0.134. The standard InChI is InChI=1S/C24H28BrCl2N3O5/c1-13(2)8-19(29-23(31)14(3)35-20-7-6-16(26)10-18(20)27)24(32)30-28-12-15-9-17(25)22(34-5)11-21(15)33-4/h6-7,9-14,19H,8H2,1-5H3,(H,29,31)(H,30,32)/b28-12-/t14-,19-/m0/s1. The van der Waals surface area contributed by atoms with E-state index in [1.54, 1.807) is 38.3 Å². The van der Waals surface area contributed by atoms with Crippen LogP contribution in [0.4, 0.5) is 0 Å². The number of halogens is 3. The van der Waals surface area contributed by atoms with Crippen molar-refractivity contribution in [3.63, 3.8) is 0 Å². The highest BCUT2D eigenvalue weighted by molar-refractivity contribution is 9.10. The summed E-state index contributed by atoms with van der Waals surface area (Å²) in [6.07, 6.45) is 0.947. The lowest BCUT2D eigenvalue weighted by Crippen LogP contribution is -2.49. The molecule has 0 aliphatic rings. The second-order valence-corrected chi connectivity index (χ2v) is 9.69. The van der Waals surface area contributed by atoms with E-state index in [1.807, 2.05) is 13.8 Å². The van der Waals surface area contributed by atoms with E-state index in [9.17, 15) is 9.59 Å². The molecule has 2 amide bonds. The zero-order valence-electron chi connectivity index (χ0n) is 20.0. The molecule has 0 radical (unpaired) electrons. The summed E-state index contributed by atoms with van der Waals surface area (Å²) in [6.45, 7) is 5.46. The second-order valence-electron chi connectivity index (χ2n) is 7.99. The number of nitrogens with zero attached hydrogens (tertiary/aromatic N) is 1. The number of nitrogens with one attached hydrogen (secondary N) is 2. The van der Waals surface area contributed by atoms with Gasteiger partial charge in [0, 0.05) is 16.7 Å². The maximum atomic E-state index is 12.8. The SMILES string of the molecule is COc1cc(OC)c(/C=N\NC(=O)[C@H](CC(C)C)NC(=O)[C@H](C)Oc2ccc(Cl)cc2Cl)cc1Br. The number of benzene rings is 2. The molecule has 0 aromatic heterocycles. The molecule has 0 unspecified atom stereocenters. The largest absolute Gasteiger partial charge is 0.496 e. The predicted molar refractivity (Wildman–Crippen MR) is 141 cm³/mol. The Morgan fingerprint density at radius 1 is 1.03 bits per heavy atom. The van der Waals surface area contributed by atoms with Crippen molar-refractivity contribution >= 4 is 57.2 Å². The highest BCUT2D eigenvalue weighted by atomic mass is 79.9. The maximum Gasteiger partial charge on any atom is 0.262 e. The summed E-state index contributed by atoms with van der Waals surface area (Å²) < 4.78 is 17.0. The Bertz CT molecular complexity index is 1080. The normalized spacial score (nSPS) is 12.8. The van der Waals surface area contributed by atoms with E-state index in [4.69, 9.17) is 37.4 Å². The number of hydrazone groups is 1. The molecular formula is C24H28BrCl2N3O5. The zero-order valence-corrected chi connectivity index (χ0v) is 23.1. The topological polar surface area (TPSA) is 98.3 Å². The third kappa shape index (κ3) is 8.59. The highest BCUT2D eigenvalue weighted by Crippen LogP contribution is 2.32. The molecule has 0 aliphatic carbocycles. The van der Waals surface area contributed by atoms with Gasteiger partial charge in [0.1, 0.15) is 23.3 Å². The van der Waals surface area contributed by atoms with Gasteiger partial charge in [0.15, 0.2) is 6.10 Å². The van der Waals surface area contributed by atoms with E-state index < -0.39 is 24.0 Å². The van der Waals surface area contributed by atoms with Crippen LogP contribution in [-0.2, 0) is 9.59 Å². The molecule has 0 fully saturated rings. The van der Waals surface area contributed by atoms with Gasteiger partial charge in [-0.2, -0.15) is 5.10 Å². The third-order valence-corrected chi connectivity index (χ3v) is 5.94. The monoisotopic (exact) mass is 587 g/mol. The van der Waals surface area contributed by atoms with Gasteiger partial charge in [-0.3, -0.25) is 9.59 Å². The van der Waals surface area contributed by atoms with Crippen LogP contribution in [0.1, 0.15) is 32.8 Å². The van der Waals surface area contributed by atoms with Crippen LogP contribution in [0.25, 0.3) is 0 Å². The van der Waals surface area contributed by atoms with Gasteiger partial charge >= 0.3 is 0 Å². The summed E-state index contributed by atoms with van der Waals surface area (Å²) in [4.78, 5) is 25.6. The molecule has 190 valence electrons. The first-order valence-corrected chi connectivity index (χ1v) is 12.3. The van der Waals surface area contributed by atoms with E-state index in [2.05, 4.69) is 31.8 Å². The van der Waals surface area contributed by atoms with Crippen molar-refractivity contribution in [1.29, 1.82) is 0 Å². The molecule has 35 heavy (non-hydrogen) atoms. The molecule has 11 heteroatoms. The van der Waals surface area contributed by atoms with Crippen LogP contribution in [-0.4, -0.2) is 44.4 Å². The first-order valence-electron chi connectivity index (χ1n) is 10.7. The average molecular weight is 589 g/mol. The lowest BCUT2D eigenvalue weighted by Gasteiger charge is -2.22. The fourth-order valence-corrected chi connectivity index (χ4v) is 4.01. The van der Waals surface area contributed by atoms with Gasteiger partial charge in [0.2, 0.25) is 0 Å². The van der Waals surface area contributed by atoms with Crippen LogP contribution in [0.2, 0.25) is 10.0 Å². The molecule has 0 saturated carbocycles. The van der Waals surface area contributed by atoms with Crippen molar-refractivity contribution in [3.05, 3.63) is 50.4 Å². The van der Waals surface area contributed by atoms with Gasteiger partial charge in [-0.15, -0.1) is 0 Å². The number of rotatable bonds is 11. The Kier molecular flexibility index (Phi) is 11.1.